The molecule has 0 heterocycles. The quantitative estimate of drug-likeness (QED) is 0.868. The van der Waals surface area contributed by atoms with Gasteiger partial charge in [0.25, 0.3) is 0 Å². The van der Waals surface area contributed by atoms with Crippen molar-refractivity contribution >= 4 is 11.4 Å². The highest BCUT2D eigenvalue weighted by molar-refractivity contribution is 5.68. The van der Waals surface area contributed by atoms with Crippen molar-refractivity contribution < 1.29 is 9.13 Å². The summed E-state index contributed by atoms with van der Waals surface area (Å²) in [5, 5.41) is 3.26. The number of nitrogens with two attached hydrogens (primary N) is 1. The van der Waals surface area contributed by atoms with E-state index in [4.69, 9.17) is 10.5 Å². The first-order valence-corrected chi connectivity index (χ1v) is 6.13. The van der Waals surface area contributed by atoms with Gasteiger partial charge in [0, 0.05) is 5.69 Å². The summed E-state index contributed by atoms with van der Waals surface area (Å²) in [4.78, 5) is 0. The van der Waals surface area contributed by atoms with Crippen molar-refractivity contribution in [1.29, 1.82) is 0 Å². The smallest absolute Gasteiger partial charge is 0.142 e. The minimum atomic E-state index is -0.256. The molecular formula is C15H17FN2O. The van der Waals surface area contributed by atoms with Crippen molar-refractivity contribution in [1.82, 2.24) is 0 Å². The van der Waals surface area contributed by atoms with Gasteiger partial charge in [-0.3, -0.25) is 0 Å². The van der Waals surface area contributed by atoms with Gasteiger partial charge in [-0.2, -0.15) is 0 Å². The van der Waals surface area contributed by atoms with Crippen molar-refractivity contribution in [2.45, 2.75) is 6.42 Å². The average Bonchev–Trinajstić information content (AvgIpc) is 2.43. The number of ether oxygens (including phenoxy) is 1. The van der Waals surface area contributed by atoms with E-state index in [2.05, 4.69) is 5.32 Å². The van der Waals surface area contributed by atoms with Crippen LogP contribution < -0.4 is 15.8 Å². The van der Waals surface area contributed by atoms with E-state index in [0.717, 1.165) is 22.7 Å². The SMILES string of the molecule is COc1ccccc1Nc1ccc(F)cc1CCN. The number of anilines is 2. The number of benzene rings is 2. The predicted molar refractivity (Wildman–Crippen MR) is 75.4 cm³/mol. The van der Waals surface area contributed by atoms with Crippen molar-refractivity contribution in [3.05, 3.63) is 53.8 Å². The van der Waals surface area contributed by atoms with E-state index in [9.17, 15) is 4.39 Å². The average molecular weight is 260 g/mol. The van der Waals surface area contributed by atoms with Gasteiger partial charge in [0.2, 0.25) is 0 Å². The van der Waals surface area contributed by atoms with E-state index in [1.807, 2.05) is 24.3 Å². The number of rotatable bonds is 5. The van der Waals surface area contributed by atoms with Crippen LogP contribution in [0.4, 0.5) is 15.8 Å². The van der Waals surface area contributed by atoms with Crippen LogP contribution in [0.15, 0.2) is 42.5 Å². The molecule has 4 heteroatoms. The lowest BCUT2D eigenvalue weighted by molar-refractivity contribution is 0.417. The molecule has 0 aliphatic carbocycles. The molecule has 0 fully saturated rings. The maximum absolute atomic E-state index is 13.3. The zero-order valence-electron chi connectivity index (χ0n) is 10.8. The van der Waals surface area contributed by atoms with Crippen LogP contribution in [-0.4, -0.2) is 13.7 Å². The molecule has 0 spiro atoms. The zero-order valence-corrected chi connectivity index (χ0v) is 10.8. The lowest BCUT2D eigenvalue weighted by Gasteiger charge is -2.14. The highest BCUT2D eigenvalue weighted by Crippen LogP contribution is 2.29. The highest BCUT2D eigenvalue weighted by Gasteiger charge is 2.07. The molecule has 2 aromatic carbocycles. The van der Waals surface area contributed by atoms with Crippen LogP contribution in [0.1, 0.15) is 5.56 Å². The van der Waals surface area contributed by atoms with Crippen molar-refractivity contribution in [3.8, 4) is 5.75 Å². The topological polar surface area (TPSA) is 47.3 Å². The minimum absolute atomic E-state index is 0.256. The van der Waals surface area contributed by atoms with Gasteiger partial charge in [0.1, 0.15) is 11.6 Å². The van der Waals surface area contributed by atoms with Crippen molar-refractivity contribution in [2.24, 2.45) is 5.73 Å². The van der Waals surface area contributed by atoms with Gasteiger partial charge in [-0.1, -0.05) is 12.1 Å². The molecule has 3 N–H and O–H groups in total. The Hall–Kier alpha value is -2.07. The molecule has 0 saturated heterocycles. The van der Waals surface area contributed by atoms with Gasteiger partial charge in [-0.15, -0.1) is 0 Å². The van der Waals surface area contributed by atoms with Gasteiger partial charge in [-0.25, -0.2) is 4.39 Å². The van der Waals surface area contributed by atoms with E-state index in [0.29, 0.717) is 13.0 Å². The number of hydrogen-bond acceptors (Lipinski definition) is 3. The number of halogens is 1. The summed E-state index contributed by atoms with van der Waals surface area (Å²) in [5.41, 5.74) is 8.10. The van der Waals surface area contributed by atoms with Gasteiger partial charge in [-0.05, 0) is 48.9 Å². The molecule has 0 unspecified atom stereocenters. The number of para-hydroxylation sites is 2. The van der Waals surface area contributed by atoms with Crippen LogP contribution in [0, 0.1) is 5.82 Å². The van der Waals surface area contributed by atoms with E-state index < -0.39 is 0 Å². The summed E-state index contributed by atoms with van der Waals surface area (Å²) in [6, 6.07) is 12.2. The Morgan fingerprint density at radius 2 is 1.95 bits per heavy atom. The van der Waals surface area contributed by atoms with Crippen LogP contribution in [0.2, 0.25) is 0 Å². The molecule has 100 valence electrons. The molecule has 0 aromatic heterocycles. The largest absolute Gasteiger partial charge is 0.495 e. The Kier molecular flexibility index (Phi) is 4.36. The lowest BCUT2D eigenvalue weighted by atomic mass is 10.1. The monoisotopic (exact) mass is 260 g/mol. The minimum Gasteiger partial charge on any atom is -0.495 e. The van der Waals surface area contributed by atoms with Gasteiger partial charge < -0.3 is 15.8 Å². The first kappa shape index (κ1) is 13.4. The van der Waals surface area contributed by atoms with E-state index in [1.165, 1.54) is 12.1 Å². The molecule has 0 radical (unpaired) electrons. The zero-order chi connectivity index (χ0) is 13.7. The third kappa shape index (κ3) is 3.23. The molecule has 0 aliphatic rings. The summed E-state index contributed by atoms with van der Waals surface area (Å²) < 4.78 is 18.5. The summed E-state index contributed by atoms with van der Waals surface area (Å²) in [7, 11) is 1.62. The molecule has 0 saturated carbocycles. The fourth-order valence-electron chi connectivity index (χ4n) is 1.94. The molecule has 2 aromatic rings. The first-order chi connectivity index (χ1) is 9.24. The number of hydrogen-bond donors (Lipinski definition) is 2. The van der Waals surface area contributed by atoms with Crippen LogP contribution in [0.5, 0.6) is 5.75 Å². The second kappa shape index (κ2) is 6.20. The molecule has 0 aliphatic heterocycles. The summed E-state index contributed by atoms with van der Waals surface area (Å²) in [6.45, 7) is 0.476. The van der Waals surface area contributed by atoms with Crippen molar-refractivity contribution in [3.63, 3.8) is 0 Å². The Morgan fingerprint density at radius 1 is 1.16 bits per heavy atom. The standard InChI is InChI=1S/C15H17FN2O/c1-19-15-5-3-2-4-14(15)18-13-7-6-12(16)10-11(13)8-9-17/h2-7,10,18H,8-9,17H2,1H3. The summed E-state index contributed by atoms with van der Waals surface area (Å²) >= 11 is 0. The number of nitrogens with one attached hydrogen (secondary N) is 1. The highest BCUT2D eigenvalue weighted by atomic mass is 19.1. The third-order valence-electron chi connectivity index (χ3n) is 2.86. The summed E-state index contributed by atoms with van der Waals surface area (Å²) in [5.74, 6) is 0.486. The van der Waals surface area contributed by atoms with Crippen LogP contribution in [0.25, 0.3) is 0 Å². The van der Waals surface area contributed by atoms with Crippen LogP contribution in [-0.2, 0) is 6.42 Å². The Morgan fingerprint density at radius 3 is 2.68 bits per heavy atom. The van der Waals surface area contributed by atoms with Crippen LogP contribution >= 0.6 is 0 Å². The lowest BCUT2D eigenvalue weighted by Crippen LogP contribution is -2.06. The third-order valence-corrected chi connectivity index (χ3v) is 2.86. The molecule has 0 atom stereocenters. The van der Waals surface area contributed by atoms with Crippen LogP contribution in [0.3, 0.4) is 0 Å². The summed E-state index contributed by atoms with van der Waals surface area (Å²) in [6.07, 6.45) is 0.620. The molecule has 19 heavy (non-hydrogen) atoms. The maximum Gasteiger partial charge on any atom is 0.142 e. The molecule has 2 rings (SSSR count). The van der Waals surface area contributed by atoms with E-state index in [-0.39, 0.29) is 5.82 Å². The van der Waals surface area contributed by atoms with Gasteiger partial charge >= 0.3 is 0 Å². The fraction of sp³-hybridized carbons (Fsp3) is 0.200. The van der Waals surface area contributed by atoms with Crippen molar-refractivity contribution in [2.75, 3.05) is 19.0 Å². The Balaban J connectivity index is 2.32. The molecule has 3 nitrogen and oxygen atoms in total. The molecular weight excluding hydrogens is 243 g/mol. The van der Waals surface area contributed by atoms with E-state index >= 15 is 0 Å². The maximum atomic E-state index is 13.3. The second-order valence-electron chi connectivity index (χ2n) is 4.17. The molecule has 0 amide bonds. The normalized spacial score (nSPS) is 10.3. The second-order valence-corrected chi connectivity index (χ2v) is 4.17. The number of methoxy groups -OCH3 is 1. The van der Waals surface area contributed by atoms with Gasteiger partial charge in [0.15, 0.2) is 0 Å². The molecule has 0 bridgehead atoms. The van der Waals surface area contributed by atoms with Gasteiger partial charge in [0.05, 0.1) is 12.8 Å². The first-order valence-electron chi connectivity index (χ1n) is 6.13. The fourth-order valence-corrected chi connectivity index (χ4v) is 1.94. The Labute approximate surface area is 112 Å². The predicted octanol–water partition coefficient (Wildman–Crippen LogP) is 3.08. The van der Waals surface area contributed by atoms with E-state index in [1.54, 1.807) is 13.2 Å². The Bertz CT molecular complexity index is 558.